The van der Waals surface area contributed by atoms with E-state index in [1.54, 1.807) is 7.11 Å². The number of rotatable bonds is 7. The summed E-state index contributed by atoms with van der Waals surface area (Å²) in [5.74, 6) is 0.892. The summed E-state index contributed by atoms with van der Waals surface area (Å²) in [5.41, 5.74) is 6.45. The van der Waals surface area contributed by atoms with Crippen molar-refractivity contribution in [3.63, 3.8) is 0 Å². The number of nitrogens with two attached hydrogens (primary N) is 1. The van der Waals surface area contributed by atoms with Gasteiger partial charge in [0.05, 0.1) is 13.2 Å². The van der Waals surface area contributed by atoms with E-state index >= 15 is 0 Å². The third-order valence-corrected chi connectivity index (χ3v) is 3.06. The van der Waals surface area contributed by atoms with Crippen LogP contribution >= 0.6 is 0 Å². The number of methoxy groups -OCH3 is 1. The molecule has 1 atom stereocenters. The summed E-state index contributed by atoms with van der Waals surface area (Å²) < 4.78 is 5.38. The van der Waals surface area contributed by atoms with E-state index in [9.17, 15) is 5.11 Å². The van der Waals surface area contributed by atoms with Crippen LogP contribution in [0.3, 0.4) is 0 Å². The number of ether oxygens (including phenoxy) is 1. The van der Waals surface area contributed by atoms with Gasteiger partial charge in [0, 0.05) is 30.6 Å². The van der Waals surface area contributed by atoms with Crippen LogP contribution in [0, 0.1) is 0 Å². The van der Waals surface area contributed by atoms with Crippen LogP contribution < -0.4 is 15.8 Å². The van der Waals surface area contributed by atoms with Gasteiger partial charge >= 0.3 is 0 Å². The lowest BCUT2D eigenvalue weighted by atomic mass is 9.84. The van der Waals surface area contributed by atoms with E-state index in [0.29, 0.717) is 6.54 Å². The minimum absolute atomic E-state index is 0.0685. The van der Waals surface area contributed by atoms with Gasteiger partial charge in [-0.05, 0) is 6.07 Å². The van der Waals surface area contributed by atoms with Gasteiger partial charge in [0.25, 0.3) is 0 Å². The fourth-order valence-electron chi connectivity index (χ4n) is 1.93. The van der Waals surface area contributed by atoms with E-state index < -0.39 is 6.10 Å². The van der Waals surface area contributed by atoms with Crippen LogP contribution in [0.4, 0.5) is 0 Å². The Bertz CT molecular complexity index is 367. The summed E-state index contributed by atoms with van der Waals surface area (Å²) in [5, 5.41) is 12.7. The van der Waals surface area contributed by atoms with Crippen molar-refractivity contribution in [3.8, 4) is 5.75 Å². The lowest BCUT2D eigenvalue weighted by Gasteiger charge is -2.28. The molecule has 1 unspecified atom stereocenters. The first-order valence-corrected chi connectivity index (χ1v) is 6.23. The van der Waals surface area contributed by atoms with Gasteiger partial charge in [0.2, 0.25) is 0 Å². The van der Waals surface area contributed by atoms with Gasteiger partial charge in [-0.25, -0.2) is 0 Å². The summed E-state index contributed by atoms with van der Waals surface area (Å²) in [6.07, 6.45) is -0.488. The van der Waals surface area contributed by atoms with Crippen LogP contribution in [0.25, 0.3) is 0 Å². The Morgan fingerprint density at radius 3 is 2.67 bits per heavy atom. The Balaban J connectivity index is 2.67. The maximum absolute atomic E-state index is 9.41. The zero-order valence-corrected chi connectivity index (χ0v) is 11.4. The zero-order valence-electron chi connectivity index (χ0n) is 11.4. The largest absolute Gasteiger partial charge is 0.496 e. The van der Waals surface area contributed by atoms with Crippen molar-refractivity contribution in [2.75, 3.05) is 26.7 Å². The van der Waals surface area contributed by atoms with Crippen LogP contribution in [0.5, 0.6) is 5.75 Å². The molecule has 1 aromatic rings. The minimum atomic E-state index is -0.488. The average molecular weight is 252 g/mol. The summed E-state index contributed by atoms with van der Waals surface area (Å²) in [4.78, 5) is 0. The number of para-hydroxylation sites is 1. The van der Waals surface area contributed by atoms with Gasteiger partial charge in [-0.15, -0.1) is 0 Å². The van der Waals surface area contributed by atoms with Gasteiger partial charge in [-0.3, -0.25) is 0 Å². The molecule has 4 N–H and O–H groups in total. The molecule has 0 saturated heterocycles. The fraction of sp³-hybridized carbons (Fsp3) is 0.571. The lowest BCUT2D eigenvalue weighted by molar-refractivity contribution is 0.177. The molecule has 102 valence electrons. The van der Waals surface area contributed by atoms with Crippen LogP contribution in [-0.4, -0.2) is 38.0 Å². The quantitative estimate of drug-likeness (QED) is 0.674. The van der Waals surface area contributed by atoms with Crippen molar-refractivity contribution in [2.45, 2.75) is 25.4 Å². The Kier molecular flexibility index (Phi) is 5.59. The SMILES string of the molecule is COc1ccccc1C(C)(C)CNCC(O)CN. The van der Waals surface area contributed by atoms with Gasteiger partial charge in [0.15, 0.2) is 0 Å². The molecule has 18 heavy (non-hydrogen) atoms. The first-order chi connectivity index (χ1) is 8.51. The highest BCUT2D eigenvalue weighted by molar-refractivity contribution is 5.39. The second-order valence-electron chi connectivity index (χ2n) is 5.10. The number of aliphatic hydroxyl groups excluding tert-OH is 1. The van der Waals surface area contributed by atoms with Crippen LogP contribution in [0.2, 0.25) is 0 Å². The van der Waals surface area contributed by atoms with Crippen LogP contribution in [0.1, 0.15) is 19.4 Å². The summed E-state index contributed by atoms with van der Waals surface area (Å²) in [7, 11) is 1.68. The summed E-state index contributed by atoms with van der Waals surface area (Å²) in [6, 6.07) is 8.00. The van der Waals surface area contributed by atoms with Crippen molar-refractivity contribution in [1.82, 2.24) is 5.32 Å². The maximum Gasteiger partial charge on any atom is 0.122 e. The fourth-order valence-corrected chi connectivity index (χ4v) is 1.93. The second kappa shape index (κ2) is 6.73. The Morgan fingerprint density at radius 2 is 2.06 bits per heavy atom. The van der Waals surface area contributed by atoms with Gasteiger partial charge in [-0.2, -0.15) is 0 Å². The third kappa shape index (κ3) is 3.98. The molecule has 0 aliphatic carbocycles. The van der Waals surface area contributed by atoms with Crippen molar-refractivity contribution >= 4 is 0 Å². The smallest absolute Gasteiger partial charge is 0.122 e. The molecule has 0 radical (unpaired) electrons. The molecular weight excluding hydrogens is 228 g/mol. The molecule has 0 fully saturated rings. The van der Waals surface area contributed by atoms with Crippen molar-refractivity contribution in [2.24, 2.45) is 5.73 Å². The number of benzene rings is 1. The standard InChI is InChI=1S/C14H24N2O2/c1-14(2,10-16-9-11(17)8-15)12-6-4-5-7-13(12)18-3/h4-7,11,16-17H,8-10,15H2,1-3H3. The zero-order chi connectivity index (χ0) is 13.6. The van der Waals surface area contributed by atoms with Crippen LogP contribution in [-0.2, 0) is 5.41 Å². The molecule has 1 aromatic carbocycles. The first kappa shape index (κ1) is 15.0. The van der Waals surface area contributed by atoms with E-state index in [4.69, 9.17) is 10.5 Å². The lowest BCUT2D eigenvalue weighted by Crippen LogP contribution is -2.39. The van der Waals surface area contributed by atoms with E-state index in [-0.39, 0.29) is 12.0 Å². The van der Waals surface area contributed by atoms with Crippen molar-refractivity contribution in [3.05, 3.63) is 29.8 Å². The summed E-state index contributed by atoms with van der Waals surface area (Å²) in [6.45, 7) is 5.83. The molecule has 4 heteroatoms. The van der Waals surface area contributed by atoms with Gasteiger partial charge in [-0.1, -0.05) is 32.0 Å². The Hall–Kier alpha value is -1.10. The number of hydrogen-bond donors (Lipinski definition) is 3. The highest BCUT2D eigenvalue weighted by Crippen LogP contribution is 2.30. The topological polar surface area (TPSA) is 67.5 Å². The molecular formula is C14H24N2O2. The van der Waals surface area contributed by atoms with E-state index in [1.165, 1.54) is 0 Å². The second-order valence-corrected chi connectivity index (χ2v) is 5.10. The molecule has 0 aromatic heterocycles. The maximum atomic E-state index is 9.41. The highest BCUT2D eigenvalue weighted by Gasteiger charge is 2.23. The van der Waals surface area contributed by atoms with Gasteiger partial charge in [0.1, 0.15) is 5.75 Å². The van der Waals surface area contributed by atoms with Crippen LogP contribution in [0.15, 0.2) is 24.3 Å². The molecule has 0 amide bonds. The molecule has 0 spiro atoms. The third-order valence-electron chi connectivity index (χ3n) is 3.06. The van der Waals surface area contributed by atoms with Crippen molar-refractivity contribution < 1.29 is 9.84 Å². The minimum Gasteiger partial charge on any atom is -0.496 e. The van der Waals surface area contributed by atoms with Gasteiger partial charge < -0.3 is 20.9 Å². The highest BCUT2D eigenvalue weighted by atomic mass is 16.5. The molecule has 0 saturated carbocycles. The first-order valence-electron chi connectivity index (χ1n) is 6.23. The average Bonchev–Trinajstić information content (AvgIpc) is 2.38. The molecule has 0 aliphatic heterocycles. The summed E-state index contributed by atoms with van der Waals surface area (Å²) >= 11 is 0. The van der Waals surface area contributed by atoms with E-state index in [1.807, 2.05) is 18.2 Å². The molecule has 1 rings (SSSR count). The predicted molar refractivity (Wildman–Crippen MR) is 74.0 cm³/mol. The molecule has 0 bridgehead atoms. The molecule has 0 aliphatic rings. The normalized spacial score (nSPS) is 13.4. The molecule has 4 nitrogen and oxygen atoms in total. The van der Waals surface area contributed by atoms with E-state index in [0.717, 1.165) is 17.9 Å². The Labute approximate surface area is 109 Å². The Morgan fingerprint density at radius 1 is 1.39 bits per heavy atom. The molecule has 0 heterocycles. The monoisotopic (exact) mass is 252 g/mol. The number of nitrogens with one attached hydrogen (secondary N) is 1. The van der Waals surface area contributed by atoms with E-state index in [2.05, 4.69) is 25.2 Å². The number of aliphatic hydroxyl groups is 1. The predicted octanol–water partition coefficient (Wildman–Crippen LogP) is 0.882. The number of hydrogen-bond acceptors (Lipinski definition) is 4. The van der Waals surface area contributed by atoms with Crippen molar-refractivity contribution in [1.29, 1.82) is 0 Å².